The summed E-state index contributed by atoms with van der Waals surface area (Å²) in [5.41, 5.74) is 0.996. The zero-order valence-electron chi connectivity index (χ0n) is 9.43. The first-order valence-corrected chi connectivity index (χ1v) is 7.53. The molecule has 1 aromatic rings. The molecule has 0 aromatic heterocycles. The fourth-order valence-corrected chi connectivity index (χ4v) is 2.43. The first-order chi connectivity index (χ1) is 7.75. The van der Waals surface area contributed by atoms with E-state index in [0.717, 1.165) is 28.7 Å². The van der Waals surface area contributed by atoms with Crippen LogP contribution in [0, 0.1) is 0 Å². The van der Waals surface area contributed by atoms with Crippen LogP contribution < -0.4 is 5.32 Å². The van der Waals surface area contributed by atoms with Crippen LogP contribution in [0.3, 0.4) is 0 Å². The molecule has 0 saturated heterocycles. The Morgan fingerprint density at radius 1 is 1.19 bits per heavy atom. The van der Waals surface area contributed by atoms with Crippen LogP contribution in [0.5, 0.6) is 0 Å². The Hall–Kier alpha value is 0.110. The Labute approximate surface area is 112 Å². The number of thioether (sulfide) groups is 1. The summed E-state index contributed by atoms with van der Waals surface area (Å²) in [5.74, 6) is 1.23. The maximum Gasteiger partial charge on any atom is 0.0465 e. The molecule has 4 heteroatoms. The minimum absolute atomic E-state index is 0.740. The molecule has 1 nitrogen and oxygen atoms in total. The van der Waals surface area contributed by atoms with Gasteiger partial charge in [-0.3, -0.25) is 0 Å². The molecule has 0 radical (unpaired) electrons. The lowest BCUT2D eigenvalue weighted by Crippen LogP contribution is -2.15. The van der Waals surface area contributed by atoms with Crippen molar-refractivity contribution in [1.29, 1.82) is 0 Å². The van der Waals surface area contributed by atoms with Crippen LogP contribution in [0.25, 0.3) is 0 Å². The van der Waals surface area contributed by atoms with Gasteiger partial charge in [-0.1, -0.05) is 29.3 Å². The van der Waals surface area contributed by atoms with Crippen LogP contribution >= 0.6 is 35.0 Å². The van der Waals surface area contributed by atoms with E-state index in [9.17, 15) is 0 Å². The fraction of sp³-hybridized carbons (Fsp3) is 0.500. The average molecular weight is 278 g/mol. The van der Waals surface area contributed by atoms with Gasteiger partial charge in [0.15, 0.2) is 0 Å². The van der Waals surface area contributed by atoms with Crippen LogP contribution in [0.1, 0.15) is 18.4 Å². The summed E-state index contributed by atoms with van der Waals surface area (Å²) in [7, 11) is 0. The van der Waals surface area contributed by atoms with Gasteiger partial charge in [-0.2, -0.15) is 11.8 Å². The van der Waals surface area contributed by atoms with Crippen molar-refractivity contribution in [2.45, 2.75) is 19.4 Å². The molecule has 0 aliphatic carbocycles. The van der Waals surface area contributed by atoms with Gasteiger partial charge in [-0.25, -0.2) is 0 Å². The number of hydrogen-bond donors (Lipinski definition) is 1. The molecule has 0 fully saturated rings. The third kappa shape index (κ3) is 4.96. The quantitative estimate of drug-likeness (QED) is 0.749. The van der Waals surface area contributed by atoms with Gasteiger partial charge in [0.1, 0.15) is 0 Å². The Bertz CT molecular complexity index is 298. The van der Waals surface area contributed by atoms with Crippen LogP contribution in [0.4, 0.5) is 0 Å². The van der Waals surface area contributed by atoms with E-state index in [1.807, 2.05) is 30.0 Å². The van der Waals surface area contributed by atoms with Crippen molar-refractivity contribution in [3.05, 3.63) is 33.8 Å². The Morgan fingerprint density at radius 2 is 1.88 bits per heavy atom. The molecule has 0 bridgehead atoms. The molecule has 0 spiro atoms. The van der Waals surface area contributed by atoms with Gasteiger partial charge >= 0.3 is 0 Å². The summed E-state index contributed by atoms with van der Waals surface area (Å²) in [4.78, 5) is 0. The number of benzene rings is 1. The van der Waals surface area contributed by atoms with Crippen LogP contribution in [0.2, 0.25) is 10.0 Å². The van der Waals surface area contributed by atoms with Crippen molar-refractivity contribution < 1.29 is 0 Å². The molecule has 16 heavy (non-hydrogen) atoms. The molecule has 0 heterocycles. The third-order valence-corrected chi connectivity index (χ3v) is 3.72. The van der Waals surface area contributed by atoms with E-state index in [-0.39, 0.29) is 0 Å². The molecule has 0 unspecified atom stereocenters. The van der Waals surface area contributed by atoms with Crippen molar-refractivity contribution in [2.24, 2.45) is 0 Å². The zero-order chi connectivity index (χ0) is 11.8. The highest BCUT2D eigenvalue weighted by molar-refractivity contribution is 7.98. The summed E-state index contributed by atoms with van der Waals surface area (Å²) in [6.45, 7) is 1.76. The fourth-order valence-electron chi connectivity index (χ4n) is 1.41. The van der Waals surface area contributed by atoms with Crippen molar-refractivity contribution in [1.82, 2.24) is 5.32 Å². The summed E-state index contributed by atoms with van der Waals surface area (Å²) in [6.07, 6.45) is 4.59. The van der Waals surface area contributed by atoms with Crippen molar-refractivity contribution in [2.75, 3.05) is 18.6 Å². The number of unbranched alkanes of at least 4 members (excludes halogenated alkanes) is 1. The summed E-state index contributed by atoms with van der Waals surface area (Å²) < 4.78 is 0. The summed E-state index contributed by atoms with van der Waals surface area (Å²) in [5, 5.41) is 4.84. The van der Waals surface area contributed by atoms with Gasteiger partial charge in [0.2, 0.25) is 0 Å². The van der Waals surface area contributed by atoms with Gasteiger partial charge in [0.05, 0.1) is 0 Å². The molecule has 0 saturated carbocycles. The van der Waals surface area contributed by atoms with E-state index in [2.05, 4.69) is 11.6 Å². The van der Waals surface area contributed by atoms with E-state index in [1.54, 1.807) is 0 Å². The Morgan fingerprint density at radius 3 is 2.50 bits per heavy atom. The molecule has 0 aliphatic rings. The highest BCUT2D eigenvalue weighted by Crippen LogP contribution is 2.23. The SMILES string of the molecule is CSCCCCNCc1c(Cl)cccc1Cl. The van der Waals surface area contributed by atoms with Crippen LogP contribution in [-0.4, -0.2) is 18.6 Å². The van der Waals surface area contributed by atoms with Gasteiger partial charge in [-0.15, -0.1) is 0 Å². The smallest absolute Gasteiger partial charge is 0.0465 e. The van der Waals surface area contributed by atoms with Crippen LogP contribution in [-0.2, 0) is 6.54 Å². The molecular weight excluding hydrogens is 261 g/mol. The predicted molar refractivity (Wildman–Crippen MR) is 75.8 cm³/mol. The maximum atomic E-state index is 6.06. The lowest BCUT2D eigenvalue weighted by atomic mass is 10.2. The van der Waals surface area contributed by atoms with E-state index in [0.29, 0.717) is 0 Å². The van der Waals surface area contributed by atoms with Crippen molar-refractivity contribution in [3.8, 4) is 0 Å². The molecule has 0 atom stereocenters. The third-order valence-electron chi connectivity index (χ3n) is 2.32. The standard InChI is InChI=1S/C12H17Cl2NS/c1-16-8-3-2-7-15-9-10-11(13)5-4-6-12(10)14/h4-6,15H,2-3,7-9H2,1H3. The maximum absolute atomic E-state index is 6.06. The molecular formula is C12H17Cl2NS. The van der Waals surface area contributed by atoms with E-state index >= 15 is 0 Å². The minimum atomic E-state index is 0.740. The first kappa shape index (κ1) is 14.2. The molecule has 0 aliphatic heterocycles. The molecule has 1 rings (SSSR count). The van der Waals surface area contributed by atoms with Crippen molar-refractivity contribution >= 4 is 35.0 Å². The molecule has 1 N–H and O–H groups in total. The lowest BCUT2D eigenvalue weighted by Gasteiger charge is -2.08. The second-order valence-electron chi connectivity index (χ2n) is 3.58. The zero-order valence-corrected chi connectivity index (χ0v) is 11.8. The largest absolute Gasteiger partial charge is 0.313 e. The summed E-state index contributed by atoms with van der Waals surface area (Å²) >= 11 is 14.0. The monoisotopic (exact) mass is 277 g/mol. The van der Waals surface area contributed by atoms with E-state index < -0.39 is 0 Å². The highest BCUT2D eigenvalue weighted by atomic mass is 35.5. The van der Waals surface area contributed by atoms with Gasteiger partial charge in [-0.05, 0) is 43.5 Å². The number of halogens is 2. The second kappa shape index (κ2) is 8.24. The number of rotatable bonds is 7. The first-order valence-electron chi connectivity index (χ1n) is 5.38. The van der Waals surface area contributed by atoms with Gasteiger partial charge in [0.25, 0.3) is 0 Å². The Kier molecular flexibility index (Phi) is 7.30. The average Bonchev–Trinajstić information content (AvgIpc) is 2.26. The van der Waals surface area contributed by atoms with Crippen molar-refractivity contribution in [3.63, 3.8) is 0 Å². The molecule has 1 aromatic carbocycles. The summed E-state index contributed by atoms with van der Waals surface area (Å²) in [6, 6.07) is 5.61. The number of nitrogens with one attached hydrogen (secondary N) is 1. The Balaban J connectivity index is 2.26. The normalized spacial score (nSPS) is 10.7. The topological polar surface area (TPSA) is 12.0 Å². The van der Waals surface area contributed by atoms with E-state index in [4.69, 9.17) is 23.2 Å². The lowest BCUT2D eigenvalue weighted by molar-refractivity contribution is 0.644. The van der Waals surface area contributed by atoms with Crippen LogP contribution in [0.15, 0.2) is 18.2 Å². The molecule has 0 amide bonds. The van der Waals surface area contributed by atoms with E-state index in [1.165, 1.54) is 18.6 Å². The molecule has 90 valence electrons. The number of hydrogen-bond acceptors (Lipinski definition) is 2. The van der Waals surface area contributed by atoms with Gasteiger partial charge in [0, 0.05) is 22.2 Å². The van der Waals surface area contributed by atoms with Gasteiger partial charge < -0.3 is 5.32 Å². The predicted octanol–water partition coefficient (Wildman–Crippen LogP) is 4.23. The minimum Gasteiger partial charge on any atom is -0.313 e. The highest BCUT2D eigenvalue weighted by Gasteiger charge is 2.03. The second-order valence-corrected chi connectivity index (χ2v) is 5.38.